The molecule has 3 aromatic rings. The predicted octanol–water partition coefficient (Wildman–Crippen LogP) is 3.65. The Balaban J connectivity index is 1.21. The molecule has 0 radical (unpaired) electrons. The number of fused-ring (bicyclic) bond motifs is 2. The molecule has 9 nitrogen and oxygen atoms in total. The van der Waals surface area contributed by atoms with E-state index in [1.165, 1.54) is 5.57 Å². The Bertz CT molecular complexity index is 1350. The van der Waals surface area contributed by atoms with Crippen LogP contribution in [0.3, 0.4) is 0 Å². The number of imidazole rings is 1. The standard InChI is InChI=1S/C27H30ClN5O4/c28-8-11-32-12-14-37-24-4-3-21(30-26(24)32)18-5-9-31(10-6-18)17-25-29-22-2-1-19(27(34)35)15-23(22)33(25)16-20-7-13-36-20/h1-5,15,20H,6-14,16-17H2,(H,34,35)/t20-/m0/s1. The summed E-state index contributed by atoms with van der Waals surface area (Å²) in [5, 5.41) is 9.48. The lowest BCUT2D eigenvalue weighted by Crippen LogP contribution is -2.35. The summed E-state index contributed by atoms with van der Waals surface area (Å²) in [6, 6.07) is 9.20. The lowest BCUT2D eigenvalue weighted by Gasteiger charge is -2.31. The van der Waals surface area contributed by atoms with Gasteiger partial charge in [0.1, 0.15) is 12.4 Å². The second-order valence-electron chi connectivity index (χ2n) is 9.69. The molecule has 1 N–H and O–H groups in total. The zero-order chi connectivity index (χ0) is 25.4. The molecule has 1 atom stereocenters. The number of carboxylic acids is 1. The molecule has 6 rings (SSSR count). The van der Waals surface area contributed by atoms with Crippen LogP contribution in [0.2, 0.25) is 0 Å². The molecule has 1 fully saturated rings. The van der Waals surface area contributed by atoms with Crippen molar-refractivity contribution in [3.63, 3.8) is 0 Å². The van der Waals surface area contributed by atoms with Gasteiger partial charge in [-0.2, -0.15) is 0 Å². The lowest BCUT2D eigenvalue weighted by molar-refractivity contribution is -0.0591. The van der Waals surface area contributed by atoms with Crippen LogP contribution in [0.1, 0.15) is 34.7 Å². The van der Waals surface area contributed by atoms with Crippen LogP contribution in [0.25, 0.3) is 16.6 Å². The largest absolute Gasteiger partial charge is 0.488 e. The number of carboxylic acid groups (broad SMARTS) is 1. The van der Waals surface area contributed by atoms with E-state index < -0.39 is 5.97 Å². The third-order valence-electron chi connectivity index (χ3n) is 7.35. The summed E-state index contributed by atoms with van der Waals surface area (Å²) in [4.78, 5) is 25.9. The van der Waals surface area contributed by atoms with Crippen molar-refractivity contribution in [1.29, 1.82) is 0 Å². The Morgan fingerprint density at radius 2 is 2.05 bits per heavy atom. The van der Waals surface area contributed by atoms with Gasteiger partial charge in [-0.25, -0.2) is 14.8 Å². The quantitative estimate of drug-likeness (QED) is 0.447. The average molecular weight is 524 g/mol. The molecular weight excluding hydrogens is 494 g/mol. The maximum absolute atomic E-state index is 11.6. The molecule has 0 amide bonds. The van der Waals surface area contributed by atoms with Crippen LogP contribution in [-0.2, 0) is 17.8 Å². The van der Waals surface area contributed by atoms with E-state index in [0.29, 0.717) is 25.6 Å². The lowest BCUT2D eigenvalue weighted by atomic mass is 10.0. The average Bonchev–Trinajstić information content (AvgIpc) is 3.22. The Morgan fingerprint density at radius 1 is 1.16 bits per heavy atom. The topological polar surface area (TPSA) is 93.0 Å². The monoisotopic (exact) mass is 523 g/mol. The van der Waals surface area contributed by atoms with Gasteiger partial charge in [-0.3, -0.25) is 4.90 Å². The van der Waals surface area contributed by atoms with E-state index in [1.54, 1.807) is 18.2 Å². The number of benzene rings is 1. The second-order valence-corrected chi connectivity index (χ2v) is 10.1. The summed E-state index contributed by atoms with van der Waals surface area (Å²) in [6.07, 6.45) is 4.29. The highest BCUT2D eigenvalue weighted by atomic mass is 35.5. The highest BCUT2D eigenvalue weighted by Crippen LogP contribution is 2.33. The predicted molar refractivity (Wildman–Crippen MR) is 142 cm³/mol. The summed E-state index contributed by atoms with van der Waals surface area (Å²) in [6.45, 7) is 6.02. The van der Waals surface area contributed by atoms with Crippen LogP contribution in [0.15, 0.2) is 36.4 Å². The number of alkyl halides is 1. The van der Waals surface area contributed by atoms with Gasteiger partial charge in [0.25, 0.3) is 0 Å². The molecule has 0 unspecified atom stereocenters. The third kappa shape index (κ3) is 4.91. The van der Waals surface area contributed by atoms with Gasteiger partial charge in [0.05, 0.1) is 48.0 Å². The van der Waals surface area contributed by atoms with Gasteiger partial charge in [-0.05, 0) is 48.7 Å². The van der Waals surface area contributed by atoms with E-state index in [0.717, 1.165) is 79.7 Å². The maximum Gasteiger partial charge on any atom is 0.335 e. The molecule has 194 valence electrons. The highest BCUT2D eigenvalue weighted by molar-refractivity contribution is 6.18. The summed E-state index contributed by atoms with van der Waals surface area (Å²) in [7, 11) is 0. The summed E-state index contributed by atoms with van der Waals surface area (Å²) in [5.41, 5.74) is 4.15. The summed E-state index contributed by atoms with van der Waals surface area (Å²) >= 11 is 6.00. The fourth-order valence-corrected chi connectivity index (χ4v) is 5.40. The van der Waals surface area contributed by atoms with Gasteiger partial charge in [0, 0.05) is 32.1 Å². The first-order valence-electron chi connectivity index (χ1n) is 12.8. The maximum atomic E-state index is 11.6. The number of anilines is 1. The van der Waals surface area contributed by atoms with E-state index >= 15 is 0 Å². The Labute approximate surface area is 220 Å². The van der Waals surface area contributed by atoms with Crippen LogP contribution in [0.5, 0.6) is 5.75 Å². The minimum absolute atomic E-state index is 0.148. The fraction of sp³-hybridized carbons (Fsp3) is 0.444. The number of hydrogen-bond donors (Lipinski definition) is 1. The molecule has 10 heteroatoms. The van der Waals surface area contributed by atoms with Crippen molar-refractivity contribution in [2.45, 2.75) is 32.0 Å². The van der Waals surface area contributed by atoms with E-state index in [1.807, 2.05) is 12.1 Å². The highest BCUT2D eigenvalue weighted by Gasteiger charge is 2.25. The summed E-state index contributed by atoms with van der Waals surface area (Å²) in [5.74, 6) is 2.25. The number of rotatable bonds is 8. The van der Waals surface area contributed by atoms with Crippen molar-refractivity contribution >= 4 is 40.0 Å². The Kier molecular flexibility index (Phi) is 6.75. The van der Waals surface area contributed by atoms with Gasteiger partial charge in [0.2, 0.25) is 0 Å². The first-order chi connectivity index (χ1) is 18.1. The molecule has 1 aromatic carbocycles. The van der Waals surface area contributed by atoms with E-state index in [2.05, 4.69) is 20.4 Å². The smallest absolute Gasteiger partial charge is 0.335 e. The molecule has 5 heterocycles. The molecule has 37 heavy (non-hydrogen) atoms. The number of hydrogen-bond acceptors (Lipinski definition) is 7. The Morgan fingerprint density at radius 3 is 2.78 bits per heavy atom. The van der Waals surface area contributed by atoms with Crippen LogP contribution < -0.4 is 9.64 Å². The van der Waals surface area contributed by atoms with Crippen molar-refractivity contribution in [3.8, 4) is 5.75 Å². The molecule has 0 saturated carbocycles. The fourth-order valence-electron chi connectivity index (χ4n) is 5.19. The minimum atomic E-state index is -0.932. The number of carbonyl (C=O) groups is 1. The third-order valence-corrected chi connectivity index (χ3v) is 7.52. The zero-order valence-electron chi connectivity index (χ0n) is 20.6. The normalized spacial score (nSPS) is 19.8. The number of halogens is 1. The molecular formula is C27H30ClN5O4. The van der Waals surface area contributed by atoms with Gasteiger partial charge >= 0.3 is 5.97 Å². The zero-order valence-corrected chi connectivity index (χ0v) is 21.4. The van der Waals surface area contributed by atoms with Crippen molar-refractivity contribution in [1.82, 2.24) is 19.4 Å². The second kappa shape index (κ2) is 10.3. The number of aromatic carboxylic acids is 1. The van der Waals surface area contributed by atoms with Crippen LogP contribution in [-0.4, -0.2) is 81.9 Å². The van der Waals surface area contributed by atoms with Gasteiger partial charge in [-0.1, -0.05) is 6.08 Å². The van der Waals surface area contributed by atoms with Crippen molar-refractivity contribution in [2.24, 2.45) is 0 Å². The molecule has 3 aliphatic heterocycles. The number of ether oxygens (including phenoxy) is 2. The van der Waals surface area contributed by atoms with Gasteiger partial charge in [-0.15, -0.1) is 11.6 Å². The SMILES string of the molecule is O=C(O)c1ccc2nc(CN3CC=C(c4ccc5c(n4)N(CCCl)CCO5)CC3)n(C[C@@H]3CCO3)c2c1. The molecule has 1 saturated heterocycles. The van der Waals surface area contributed by atoms with Crippen LogP contribution in [0, 0.1) is 0 Å². The van der Waals surface area contributed by atoms with Crippen molar-refractivity contribution in [3.05, 3.63) is 53.5 Å². The first kappa shape index (κ1) is 24.2. The number of aromatic nitrogens is 3. The molecule has 2 aromatic heterocycles. The molecule has 3 aliphatic rings. The van der Waals surface area contributed by atoms with E-state index in [4.69, 9.17) is 31.0 Å². The molecule has 0 bridgehead atoms. The van der Waals surface area contributed by atoms with Gasteiger partial charge in [0.15, 0.2) is 11.6 Å². The molecule has 0 spiro atoms. The van der Waals surface area contributed by atoms with E-state index in [-0.39, 0.29) is 11.7 Å². The van der Waals surface area contributed by atoms with Gasteiger partial charge < -0.3 is 24.0 Å². The molecule has 0 aliphatic carbocycles. The van der Waals surface area contributed by atoms with Crippen molar-refractivity contribution in [2.75, 3.05) is 50.2 Å². The number of pyridine rings is 1. The van der Waals surface area contributed by atoms with E-state index in [9.17, 15) is 9.90 Å². The van der Waals surface area contributed by atoms with Crippen molar-refractivity contribution < 1.29 is 19.4 Å². The minimum Gasteiger partial charge on any atom is -0.488 e. The number of nitrogens with zero attached hydrogens (tertiary/aromatic N) is 5. The first-order valence-corrected chi connectivity index (χ1v) is 13.3. The van der Waals surface area contributed by atoms with Crippen LogP contribution in [0.4, 0.5) is 5.82 Å². The Hall–Kier alpha value is -3.14. The van der Waals surface area contributed by atoms with Crippen LogP contribution >= 0.6 is 11.6 Å². The summed E-state index contributed by atoms with van der Waals surface area (Å²) < 4.78 is 13.6.